The molecule has 0 atom stereocenters. The SMILES string of the molecule is COCCNC(=O)CNC(=O)c1c(N)c(C)nn1C. The summed E-state index contributed by atoms with van der Waals surface area (Å²) in [4.78, 5) is 23.3. The summed E-state index contributed by atoms with van der Waals surface area (Å²) < 4.78 is 6.18. The Kier molecular flexibility index (Phi) is 5.31. The average Bonchev–Trinajstić information content (AvgIpc) is 2.61. The molecule has 8 heteroatoms. The quantitative estimate of drug-likeness (QED) is 0.562. The van der Waals surface area contributed by atoms with Gasteiger partial charge in [0.25, 0.3) is 5.91 Å². The molecule has 0 aliphatic heterocycles. The van der Waals surface area contributed by atoms with E-state index in [1.165, 1.54) is 4.68 Å². The van der Waals surface area contributed by atoms with Crippen LogP contribution in [0.5, 0.6) is 0 Å². The molecule has 106 valence electrons. The molecule has 2 amide bonds. The standard InChI is InChI=1S/C11H19N5O3/c1-7-9(12)10(16(2)15-7)11(18)14-6-8(17)13-4-5-19-3/h4-6,12H2,1-3H3,(H,13,17)(H,14,18). The van der Waals surface area contributed by atoms with Crippen molar-refractivity contribution in [2.75, 3.05) is 32.5 Å². The van der Waals surface area contributed by atoms with Crippen molar-refractivity contribution in [1.82, 2.24) is 20.4 Å². The second-order valence-electron chi connectivity index (χ2n) is 4.00. The lowest BCUT2D eigenvalue weighted by Gasteiger charge is -2.07. The number of nitrogens with one attached hydrogen (secondary N) is 2. The van der Waals surface area contributed by atoms with Gasteiger partial charge >= 0.3 is 0 Å². The summed E-state index contributed by atoms with van der Waals surface area (Å²) in [6.07, 6.45) is 0. The van der Waals surface area contributed by atoms with E-state index in [0.29, 0.717) is 24.5 Å². The molecule has 0 aliphatic rings. The number of ether oxygens (including phenoxy) is 1. The Morgan fingerprint density at radius 2 is 2.11 bits per heavy atom. The van der Waals surface area contributed by atoms with Crippen molar-refractivity contribution in [1.29, 1.82) is 0 Å². The lowest BCUT2D eigenvalue weighted by molar-refractivity contribution is -0.120. The van der Waals surface area contributed by atoms with Crippen LogP contribution in [-0.4, -0.2) is 48.4 Å². The first-order chi connectivity index (χ1) is 8.97. The Labute approximate surface area is 111 Å². The molecular weight excluding hydrogens is 250 g/mol. The van der Waals surface area contributed by atoms with Gasteiger partial charge in [-0.05, 0) is 6.92 Å². The maximum absolute atomic E-state index is 11.9. The molecule has 0 unspecified atom stereocenters. The molecule has 0 aromatic carbocycles. The van der Waals surface area contributed by atoms with E-state index in [1.807, 2.05) is 0 Å². The molecule has 8 nitrogen and oxygen atoms in total. The van der Waals surface area contributed by atoms with Gasteiger partial charge in [0.15, 0.2) is 0 Å². The minimum Gasteiger partial charge on any atom is -0.395 e. The zero-order valence-corrected chi connectivity index (χ0v) is 11.3. The van der Waals surface area contributed by atoms with Gasteiger partial charge in [-0.25, -0.2) is 0 Å². The molecule has 1 aromatic heterocycles. The molecule has 1 heterocycles. The second kappa shape index (κ2) is 6.74. The van der Waals surface area contributed by atoms with Crippen LogP contribution in [0.4, 0.5) is 5.69 Å². The number of carbonyl (C=O) groups excluding carboxylic acids is 2. The van der Waals surface area contributed by atoms with Crippen molar-refractivity contribution in [3.8, 4) is 0 Å². The van der Waals surface area contributed by atoms with E-state index in [1.54, 1.807) is 21.1 Å². The normalized spacial score (nSPS) is 10.3. The molecule has 1 rings (SSSR count). The van der Waals surface area contributed by atoms with Crippen molar-refractivity contribution in [3.05, 3.63) is 11.4 Å². The molecule has 0 spiro atoms. The Morgan fingerprint density at radius 1 is 1.42 bits per heavy atom. The molecular formula is C11H19N5O3. The summed E-state index contributed by atoms with van der Waals surface area (Å²) in [6, 6.07) is 0. The van der Waals surface area contributed by atoms with Gasteiger partial charge in [0.2, 0.25) is 5.91 Å². The number of rotatable bonds is 6. The average molecular weight is 269 g/mol. The summed E-state index contributed by atoms with van der Waals surface area (Å²) in [7, 11) is 3.17. The topological polar surface area (TPSA) is 111 Å². The summed E-state index contributed by atoms with van der Waals surface area (Å²) in [5, 5.41) is 9.11. The van der Waals surface area contributed by atoms with Crippen LogP contribution in [0.15, 0.2) is 0 Å². The number of nitrogen functional groups attached to an aromatic ring is 1. The highest BCUT2D eigenvalue weighted by Crippen LogP contribution is 2.14. The highest BCUT2D eigenvalue weighted by molar-refractivity contribution is 5.99. The maximum atomic E-state index is 11.9. The zero-order valence-electron chi connectivity index (χ0n) is 11.3. The molecule has 0 saturated heterocycles. The van der Waals surface area contributed by atoms with Crippen molar-refractivity contribution in [2.24, 2.45) is 7.05 Å². The Hall–Kier alpha value is -2.09. The third-order valence-electron chi connectivity index (χ3n) is 2.52. The van der Waals surface area contributed by atoms with Crippen molar-refractivity contribution in [2.45, 2.75) is 6.92 Å². The minimum atomic E-state index is -0.428. The van der Waals surface area contributed by atoms with Gasteiger partial charge in [0, 0.05) is 20.7 Å². The molecule has 0 aliphatic carbocycles. The molecule has 1 aromatic rings. The van der Waals surface area contributed by atoms with Crippen molar-refractivity contribution < 1.29 is 14.3 Å². The number of hydrogen-bond donors (Lipinski definition) is 3. The summed E-state index contributed by atoms with van der Waals surface area (Å²) in [6.45, 7) is 2.42. The van der Waals surface area contributed by atoms with E-state index < -0.39 is 5.91 Å². The third-order valence-corrected chi connectivity index (χ3v) is 2.52. The highest BCUT2D eigenvalue weighted by Gasteiger charge is 2.18. The lowest BCUT2D eigenvalue weighted by Crippen LogP contribution is -2.38. The molecule has 4 N–H and O–H groups in total. The van der Waals surface area contributed by atoms with Gasteiger partial charge in [0.1, 0.15) is 5.69 Å². The number of nitrogens with two attached hydrogens (primary N) is 1. The second-order valence-corrected chi connectivity index (χ2v) is 4.00. The van der Waals surface area contributed by atoms with Gasteiger partial charge in [-0.1, -0.05) is 0 Å². The lowest BCUT2D eigenvalue weighted by atomic mass is 10.3. The fraction of sp³-hybridized carbons (Fsp3) is 0.545. The first kappa shape index (κ1) is 15.0. The van der Waals surface area contributed by atoms with Crippen LogP contribution < -0.4 is 16.4 Å². The van der Waals surface area contributed by atoms with E-state index in [4.69, 9.17) is 10.5 Å². The highest BCUT2D eigenvalue weighted by atomic mass is 16.5. The summed E-state index contributed by atoms with van der Waals surface area (Å²) in [5.41, 5.74) is 6.90. The fourth-order valence-corrected chi connectivity index (χ4v) is 1.54. The summed E-state index contributed by atoms with van der Waals surface area (Å²) >= 11 is 0. The van der Waals surface area contributed by atoms with Gasteiger partial charge in [-0.2, -0.15) is 5.10 Å². The van der Waals surface area contributed by atoms with Crippen LogP contribution in [0.1, 0.15) is 16.2 Å². The predicted octanol–water partition coefficient (Wildman–Crippen LogP) is -1.20. The number of methoxy groups -OCH3 is 1. The summed E-state index contributed by atoms with van der Waals surface area (Å²) in [5.74, 6) is -0.717. The molecule has 0 saturated carbocycles. The zero-order chi connectivity index (χ0) is 14.4. The molecule has 0 fully saturated rings. The van der Waals surface area contributed by atoms with Gasteiger partial charge in [-0.3, -0.25) is 14.3 Å². The van der Waals surface area contributed by atoms with E-state index in [2.05, 4.69) is 15.7 Å². The first-order valence-corrected chi connectivity index (χ1v) is 5.80. The molecule has 0 radical (unpaired) electrons. The number of amides is 2. The number of aromatic nitrogens is 2. The Morgan fingerprint density at radius 3 is 2.63 bits per heavy atom. The van der Waals surface area contributed by atoms with E-state index in [9.17, 15) is 9.59 Å². The van der Waals surface area contributed by atoms with Gasteiger partial charge in [-0.15, -0.1) is 0 Å². The van der Waals surface area contributed by atoms with E-state index in [-0.39, 0.29) is 18.1 Å². The molecule has 0 bridgehead atoms. The minimum absolute atomic E-state index is 0.119. The Balaban J connectivity index is 2.49. The largest absolute Gasteiger partial charge is 0.395 e. The number of aryl methyl sites for hydroxylation is 2. The van der Waals surface area contributed by atoms with Crippen molar-refractivity contribution >= 4 is 17.5 Å². The van der Waals surface area contributed by atoms with Gasteiger partial charge in [0.05, 0.1) is 24.5 Å². The predicted molar refractivity (Wildman–Crippen MR) is 69.6 cm³/mol. The fourth-order valence-electron chi connectivity index (χ4n) is 1.54. The number of carbonyl (C=O) groups is 2. The van der Waals surface area contributed by atoms with Crippen LogP contribution in [0.25, 0.3) is 0 Å². The van der Waals surface area contributed by atoms with E-state index >= 15 is 0 Å². The van der Waals surface area contributed by atoms with Crippen LogP contribution >= 0.6 is 0 Å². The number of hydrogen-bond acceptors (Lipinski definition) is 5. The van der Waals surface area contributed by atoms with Crippen LogP contribution in [-0.2, 0) is 16.6 Å². The Bertz CT molecular complexity index is 469. The maximum Gasteiger partial charge on any atom is 0.272 e. The first-order valence-electron chi connectivity index (χ1n) is 5.80. The van der Waals surface area contributed by atoms with Crippen LogP contribution in [0.3, 0.4) is 0 Å². The van der Waals surface area contributed by atoms with Crippen LogP contribution in [0, 0.1) is 6.92 Å². The van der Waals surface area contributed by atoms with Gasteiger partial charge < -0.3 is 21.1 Å². The smallest absolute Gasteiger partial charge is 0.272 e. The number of anilines is 1. The molecule has 19 heavy (non-hydrogen) atoms. The monoisotopic (exact) mass is 269 g/mol. The van der Waals surface area contributed by atoms with E-state index in [0.717, 1.165) is 0 Å². The number of nitrogens with zero attached hydrogens (tertiary/aromatic N) is 2. The van der Waals surface area contributed by atoms with Crippen LogP contribution in [0.2, 0.25) is 0 Å². The third kappa shape index (κ3) is 3.95. The van der Waals surface area contributed by atoms with Crippen molar-refractivity contribution in [3.63, 3.8) is 0 Å².